The highest BCUT2D eigenvalue weighted by molar-refractivity contribution is 9.10. The van der Waals surface area contributed by atoms with Crippen LogP contribution in [0.3, 0.4) is 0 Å². The van der Waals surface area contributed by atoms with Crippen molar-refractivity contribution in [1.82, 2.24) is 0 Å². The van der Waals surface area contributed by atoms with Gasteiger partial charge in [0.1, 0.15) is 4.83 Å². The number of carbonyl (C=O) groups excluding carboxylic acids is 1. The summed E-state index contributed by atoms with van der Waals surface area (Å²) >= 11 is 3.31. The first kappa shape index (κ1) is 13.9. The monoisotopic (exact) mass is 264 g/mol. The van der Waals surface area contributed by atoms with Crippen molar-refractivity contribution >= 4 is 21.9 Å². The lowest BCUT2D eigenvalue weighted by Gasteiger charge is -2.06. The SMILES string of the molecule is CCCCCCCCC(Br)C(=O)OC. The van der Waals surface area contributed by atoms with Crippen LogP contribution < -0.4 is 0 Å². The highest BCUT2D eigenvalue weighted by atomic mass is 79.9. The average Bonchev–Trinajstić information content (AvgIpc) is 2.21. The standard InChI is InChI=1S/C11H21BrO2/c1-3-4-5-6-7-8-9-10(12)11(13)14-2/h10H,3-9H2,1-2H3. The Hall–Kier alpha value is -0.0500. The number of hydrogen-bond acceptors (Lipinski definition) is 2. The van der Waals surface area contributed by atoms with Gasteiger partial charge in [0.25, 0.3) is 0 Å². The second-order valence-electron chi connectivity index (χ2n) is 3.55. The fraction of sp³-hybridized carbons (Fsp3) is 0.909. The van der Waals surface area contributed by atoms with Gasteiger partial charge in [-0.1, -0.05) is 61.4 Å². The van der Waals surface area contributed by atoms with Crippen LogP contribution >= 0.6 is 15.9 Å². The van der Waals surface area contributed by atoms with Crippen molar-refractivity contribution < 1.29 is 9.53 Å². The minimum absolute atomic E-state index is 0.112. The van der Waals surface area contributed by atoms with Crippen molar-refractivity contribution in [2.75, 3.05) is 7.11 Å². The summed E-state index contributed by atoms with van der Waals surface area (Å²) in [6, 6.07) is 0. The van der Waals surface area contributed by atoms with Crippen molar-refractivity contribution in [3.8, 4) is 0 Å². The summed E-state index contributed by atoms with van der Waals surface area (Å²) in [5.41, 5.74) is 0. The van der Waals surface area contributed by atoms with Gasteiger partial charge in [0, 0.05) is 0 Å². The molecule has 84 valence electrons. The van der Waals surface area contributed by atoms with Gasteiger partial charge in [0.15, 0.2) is 0 Å². The molecule has 1 unspecified atom stereocenters. The fourth-order valence-corrected chi connectivity index (χ4v) is 1.86. The number of esters is 1. The quantitative estimate of drug-likeness (QED) is 0.380. The molecule has 0 aromatic heterocycles. The average molecular weight is 265 g/mol. The number of ether oxygens (including phenoxy) is 1. The third-order valence-corrected chi connectivity index (χ3v) is 3.10. The van der Waals surface area contributed by atoms with E-state index < -0.39 is 0 Å². The van der Waals surface area contributed by atoms with E-state index >= 15 is 0 Å². The molecule has 0 amide bonds. The Morgan fingerprint density at radius 3 is 2.36 bits per heavy atom. The molecule has 0 aliphatic carbocycles. The zero-order valence-corrected chi connectivity index (χ0v) is 10.8. The van der Waals surface area contributed by atoms with Gasteiger partial charge in [-0.05, 0) is 6.42 Å². The molecular weight excluding hydrogens is 244 g/mol. The Kier molecular flexibility index (Phi) is 9.47. The zero-order chi connectivity index (χ0) is 10.8. The van der Waals surface area contributed by atoms with Crippen LogP contribution in [0.15, 0.2) is 0 Å². The van der Waals surface area contributed by atoms with Crippen LogP contribution in [-0.2, 0) is 9.53 Å². The largest absolute Gasteiger partial charge is 0.468 e. The van der Waals surface area contributed by atoms with Gasteiger partial charge in [-0.2, -0.15) is 0 Å². The maximum absolute atomic E-state index is 11.0. The normalized spacial score (nSPS) is 12.5. The van der Waals surface area contributed by atoms with Gasteiger partial charge >= 0.3 is 5.97 Å². The Bertz CT molecular complexity index is 148. The van der Waals surface area contributed by atoms with Crippen molar-refractivity contribution in [3.63, 3.8) is 0 Å². The van der Waals surface area contributed by atoms with E-state index in [1.54, 1.807) is 0 Å². The van der Waals surface area contributed by atoms with E-state index in [9.17, 15) is 4.79 Å². The molecule has 14 heavy (non-hydrogen) atoms. The van der Waals surface area contributed by atoms with E-state index in [0.29, 0.717) is 0 Å². The molecule has 0 radical (unpaired) electrons. The molecule has 0 aromatic rings. The van der Waals surface area contributed by atoms with Crippen LogP contribution in [0.25, 0.3) is 0 Å². The minimum atomic E-state index is -0.154. The molecule has 0 fully saturated rings. The summed E-state index contributed by atoms with van der Waals surface area (Å²) in [6.07, 6.45) is 8.43. The molecule has 3 heteroatoms. The smallest absolute Gasteiger partial charge is 0.319 e. The van der Waals surface area contributed by atoms with Gasteiger partial charge in [-0.15, -0.1) is 0 Å². The minimum Gasteiger partial charge on any atom is -0.468 e. The number of alkyl halides is 1. The third kappa shape index (κ3) is 7.36. The lowest BCUT2D eigenvalue weighted by molar-refractivity contribution is -0.139. The molecule has 0 aromatic carbocycles. The molecule has 0 spiro atoms. The van der Waals surface area contributed by atoms with Gasteiger partial charge in [-0.3, -0.25) is 4.79 Å². The number of hydrogen-bond donors (Lipinski definition) is 0. The Morgan fingerprint density at radius 1 is 1.21 bits per heavy atom. The van der Waals surface area contributed by atoms with Crippen LogP contribution in [0, 0.1) is 0 Å². The van der Waals surface area contributed by atoms with Crippen molar-refractivity contribution in [1.29, 1.82) is 0 Å². The van der Waals surface area contributed by atoms with Gasteiger partial charge in [-0.25, -0.2) is 0 Å². The molecule has 0 aliphatic heterocycles. The maximum atomic E-state index is 11.0. The summed E-state index contributed by atoms with van der Waals surface area (Å²) < 4.78 is 4.62. The highest BCUT2D eigenvalue weighted by Gasteiger charge is 2.13. The van der Waals surface area contributed by atoms with Crippen molar-refractivity contribution in [3.05, 3.63) is 0 Å². The van der Waals surface area contributed by atoms with E-state index in [2.05, 4.69) is 27.6 Å². The second-order valence-corrected chi connectivity index (χ2v) is 4.65. The Balaban J connectivity index is 3.23. The topological polar surface area (TPSA) is 26.3 Å². The molecule has 0 bridgehead atoms. The van der Waals surface area contributed by atoms with Gasteiger partial charge < -0.3 is 4.74 Å². The van der Waals surface area contributed by atoms with Crippen LogP contribution in [0.4, 0.5) is 0 Å². The van der Waals surface area contributed by atoms with Crippen LogP contribution in [0.2, 0.25) is 0 Å². The lowest BCUT2D eigenvalue weighted by atomic mass is 10.1. The van der Waals surface area contributed by atoms with E-state index in [1.807, 2.05) is 0 Å². The van der Waals surface area contributed by atoms with E-state index in [1.165, 1.54) is 39.2 Å². The molecule has 0 saturated heterocycles. The predicted octanol–water partition coefficient (Wildman–Crippen LogP) is 3.67. The van der Waals surface area contributed by atoms with Gasteiger partial charge in [0.05, 0.1) is 7.11 Å². The van der Waals surface area contributed by atoms with E-state index in [4.69, 9.17) is 0 Å². The molecule has 0 heterocycles. The number of unbranched alkanes of at least 4 members (excludes halogenated alkanes) is 5. The number of halogens is 1. The first-order valence-corrected chi connectivity index (χ1v) is 6.35. The molecule has 1 atom stereocenters. The molecular formula is C11H21BrO2. The van der Waals surface area contributed by atoms with Crippen LogP contribution in [-0.4, -0.2) is 17.9 Å². The molecule has 0 aliphatic rings. The molecule has 0 N–H and O–H groups in total. The number of rotatable bonds is 8. The van der Waals surface area contributed by atoms with Crippen LogP contribution in [0.5, 0.6) is 0 Å². The Morgan fingerprint density at radius 2 is 1.79 bits per heavy atom. The summed E-state index contributed by atoms with van der Waals surface area (Å²) in [5.74, 6) is -0.154. The van der Waals surface area contributed by atoms with Gasteiger partial charge in [0.2, 0.25) is 0 Å². The summed E-state index contributed by atoms with van der Waals surface area (Å²) in [4.78, 5) is 10.9. The summed E-state index contributed by atoms with van der Waals surface area (Å²) in [5, 5.41) is 0. The molecule has 0 rings (SSSR count). The maximum Gasteiger partial charge on any atom is 0.319 e. The highest BCUT2D eigenvalue weighted by Crippen LogP contribution is 2.14. The summed E-state index contributed by atoms with van der Waals surface area (Å²) in [6.45, 7) is 2.21. The second kappa shape index (κ2) is 9.50. The molecule has 0 saturated carbocycles. The van der Waals surface area contributed by atoms with Crippen LogP contribution in [0.1, 0.15) is 51.9 Å². The van der Waals surface area contributed by atoms with E-state index in [0.717, 1.165) is 12.8 Å². The zero-order valence-electron chi connectivity index (χ0n) is 9.22. The molecule has 2 nitrogen and oxygen atoms in total. The third-order valence-electron chi connectivity index (χ3n) is 2.27. The fourth-order valence-electron chi connectivity index (χ4n) is 1.35. The van der Waals surface area contributed by atoms with Crippen molar-refractivity contribution in [2.45, 2.75) is 56.7 Å². The number of methoxy groups -OCH3 is 1. The van der Waals surface area contributed by atoms with Crippen molar-refractivity contribution in [2.24, 2.45) is 0 Å². The summed E-state index contributed by atoms with van der Waals surface area (Å²) in [7, 11) is 1.43. The predicted molar refractivity (Wildman–Crippen MR) is 62.7 cm³/mol. The lowest BCUT2D eigenvalue weighted by Crippen LogP contribution is -2.15. The first-order chi connectivity index (χ1) is 6.72. The van der Waals surface area contributed by atoms with E-state index in [-0.39, 0.29) is 10.8 Å². The Labute approximate surface area is 95.5 Å². The first-order valence-electron chi connectivity index (χ1n) is 5.44. The number of carbonyl (C=O) groups is 1.